The first kappa shape index (κ1) is 11.4. The third-order valence-electron chi connectivity index (χ3n) is 3.38. The van der Waals surface area contributed by atoms with Gasteiger partial charge in [0.05, 0.1) is 19.4 Å². The molecule has 0 spiro atoms. The van der Waals surface area contributed by atoms with Gasteiger partial charge in [-0.15, -0.1) is 0 Å². The molecule has 0 amide bonds. The molecule has 1 fully saturated rings. The molecule has 1 aliphatic carbocycles. The molecule has 1 aromatic rings. The Labute approximate surface area is 96.5 Å². The molecule has 0 aromatic carbocycles. The van der Waals surface area contributed by atoms with E-state index in [1.165, 1.54) is 12.8 Å². The van der Waals surface area contributed by atoms with Gasteiger partial charge in [0.15, 0.2) is 0 Å². The smallest absolute Gasteiger partial charge is 0.137 e. The van der Waals surface area contributed by atoms with Crippen molar-refractivity contribution in [1.29, 1.82) is 0 Å². The van der Waals surface area contributed by atoms with Gasteiger partial charge in [0, 0.05) is 12.1 Å². The molecule has 88 valence electrons. The van der Waals surface area contributed by atoms with Gasteiger partial charge in [0.25, 0.3) is 0 Å². The van der Waals surface area contributed by atoms with Gasteiger partial charge in [-0.1, -0.05) is 19.3 Å². The van der Waals surface area contributed by atoms with Gasteiger partial charge < -0.3 is 9.84 Å². The van der Waals surface area contributed by atoms with Crippen LogP contribution < -0.4 is 4.74 Å². The molecule has 1 aromatic heterocycles. The first-order chi connectivity index (χ1) is 7.81. The van der Waals surface area contributed by atoms with Crippen LogP contribution in [-0.2, 0) is 0 Å². The molecule has 0 bridgehead atoms. The van der Waals surface area contributed by atoms with Gasteiger partial charge in [-0.2, -0.15) is 0 Å². The minimum absolute atomic E-state index is 0.226. The van der Waals surface area contributed by atoms with Crippen molar-refractivity contribution in [3.05, 3.63) is 24.0 Å². The highest BCUT2D eigenvalue weighted by molar-refractivity contribution is 5.27. The lowest BCUT2D eigenvalue weighted by Gasteiger charge is -2.20. The maximum atomic E-state index is 10.1. The second kappa shape index (κ2) is 5.30. The van der Waals surface area contributed by atoms with E-state index in [-0.39, 0.29) is 12.0 Å². The van der Waals surface area contributed by atoms with Crippen LogP contribution in [0.5, 0.6) is 5.75 Å². The van der Waals surface area contributed by atoms with E-state index in [1.54, 1.807) is 13.3 Å². The summed E-state index contributed by atoms with van der Waals surface area (Å²) in [7, 11) is 1.64. The monoisotopic (exact) mass is 221 g/mol. The molecule has 2 atom stereocenters. The van der Waals surface area contributed by atoms with E-state index >= 15 is 0 Å². The summed E-state index contributed by atoms with van der Waals surface area (Å²) in [5.74, 6) is 0.999. The Kier molecular flexibility index (Phi) is 3.78. The van der Waals surface area contributed by atoms with Crippen LogP contribution in [0.2, 0.25) is 0 Å². The second-order valence-electron chi connectivity index (χ2n) is 4.47. The second-order valence-corrected chi connectivity index (χ2v) is 4.47. The largest absolute Gasteiger partial charge is 0.495 e. The molecule has 0 aliphatic heterocycles. The Morgan fingerprint density at radius 3 is 2.88 bits per heavy atom. The summed E-state index contributed by atoms with van der Waals surface area (Å²) in [5.41, 5.74) is 1.11. The van der Waals surface area contributed by atoms with Crippen LogP contribution in [0.3, 0.4) is 0 Å². The third kappa shape index (κ3) is 2.53. The van der Waals surface area contributed by atoms with Crippen molar-refractivity contribution in [3.63, 3.8) is 0 Å². The summed E-state index contributed by atoms with van der Waals surface area (Å²) in [6.45, 7) is 0. The summed E-state index contributed by atoms with van der Waals surface area (Å²) < 4.78 is 5.17. The Balaban J connectivity index is 2.19. The van der Waals surface area contributed by atoms with Gasteiger partial charge in [-0.05, 0) is 24.5 Å². The zero-order valence-electron chi connectivity index (χ0n) is 9.72. The van der Waals surface area contributed by atoms with Gasteiger partial charge in [-0.3, -0.25) is 4.98 Å². The highest BCUT2D eigenvalue weighted by Crippen LogP contribution is 2.32. The first-order valence-corrected chi connectivity index (χ1v) is 5.98. The molecule has 0 radical (unpaired) electrons. The van der Waals surface area contributed by atoms with Gasteiger partial charge in [-0.25, -0.2) is 0 Å². The molecule has 0 saturated heterocycles. The minimum Gasteiger partial charge on any atom is -0.495 e. The molecular formula is C13H19NO2. The molecule has 3 nitrogen and oxygen atoms in total. The molecule has 1 aliphatic rings. The Hall–Kier alpha value is -1.09. The fourth-order valence-electron chi connectivity index (χ4n) is 2.43. The van der Waals surface area contributed by atoms with E-state index < -0.39 is 0 Å². The predicted octanol–water partition coefficient (Wildman–Crippen LogP) is 2.50. The highest BCUT2D eigenvalue weighted by Gasteiger charge is 2.23. The van der Waals surface area contributed by atoms with Crippen molar-refractivity contribution < 1.29 is 9.84 Å². The minimum atomic E-state index is -0.226. The highest BCUT2D eigenvalue weighted by atomic mass is 16.5. The Morgan fingerprint density at radius 2 is 2.06 bits per heavy atom. The zero-order chi connectivity index (χ0) is 11.4. The van der Waals surface area contributed by atoms with E-state index in [0.717, 1.165) is 30.6 Å². The van der Waals surface area contributed by atoms with Gasteiger partial charge in [0.1, 0.15) is 5.75 Å². The topological polar surface area (TPSA) is 42.4 Å². The number of aliphatic hydroxyl groups is 1. The van der Waals surface area contributed by atoms with Crippen LogP contribution in [-0.4, -0.2) is 23.3 Å². The van der Waals surface area contributed by atoms with Crippen LogP contribution in [0.1, 0.15) is 43.6 Å². The van der Waals surface area contributed by atoms with Crippen molar-refractivity contribution in [2.75, 3.05) is 7.11 Å². The van der Waals surface area contributed by atoms with Crippen LogP contribution in [0.4, 0.5) is 0 Å². The van der Waals surface area contributed by atoms with Crippen molar-refractivity contribution in [2.24, 2.45) is 0 Å². The number of aromatic nitrogens is 1. The van der Waals surface area contributed by atoms with Crippen molar-refractivity contribution in [2.45, 2.75) is 44.1 Å². The van der Waals surface area contributed by atoms with E-state index in [0.29, 0.717) is 0 Å². The predicted molar refractivity (Wildman–Crippen MR) is 62.6 cm³/mol. The number of aliphatic hydroxyl groups excluding tert-OH is 1. The normalized spacial score (nSPS) is 26.1. The summed E-state index contributed by atoms with van der Waals surface area (Å²) in [6.07, 6.45) is 8.84. The SMILES string of the molecule is COc1cncc(C2CCCCCC2O)c1. The fraction of sp³-hybridized carbons (Fsp3) is 0.615. The fourth-order valence-corrected chi connectivity index (χ4v) is 2.43. The van der Waals surface area contributed by atoms with E-state index in [4.69, 9.17) is 4.74 Å². The van der Waals surface area contributed by atoms with Gasteiger partial charge >= 0.3 is 0 Å². The molecule has 2 unspecified atom stereocenters. The lowest BCUT2D eigenvalue weighted by molar-refractivity contribution is 0.135. The number of ether oxygens (including phenoxy) is 1. The number of pyridine rings is 1. The van der Waals surface area contributed by atoms with E-state index in [1.807, 2.05) is 12.3 Å². The van der Waals surface area contributed by atoms with Crippen molar-refractivity contribution in [3.8, 4) is 5.75 Å². The molecule has 2 rings (SSSR count). The van der Waals surface area contributed by atoms with Crippen molar-refractivity contribution >= 4 is 0 Å². The molecule has 16 heavy (non-hydrogen) atoms. The average molecular weight is 221 g/mol. The first-order valence-electron chi connectivity index (χ1n) is 5.98. The molecule has 1 N–H and O–H groups in total. The lowest BCUT2D eigenvalue weighted by atomic mass is 9.90. The number of nitrogens with zero attached hydrogens (tertiary/aromatic N) is 1. The summed E-state index contributed by atoms with van der Waals surface area (Å²) in [6, 6.07) is 1.99. The van der Waals surface area contributed by atoms with Crippen LogP contribution >= 0.6 is 0 Å². The Morgan fingerprint density at radius 1 is 1.25 bits per heavy atom. The van der Waals surface area contributed by atoms with Crippen LogP contribution in [0, 0.1) is 0 Å². The van der Waals surface area contributed by atoms with Crippen LogP contribution in [0.15, 0.2) is 18.5 Å². The molecule has 1 saturated carbocycles. The maximum Gasteiger partial charge on any atom is 0.137 e. The molecule has 1 heterocycles. The van der Waals surface area contributed by atoms with E-state index in [2.05, 4.69) is 4.98 Å². The summed E-state index contributed by atoms with van der Waals surface area (Å²) in [4.78, 5) is 4.16. The third-order valence-corrected chi connectivity index (χ3v) is 3.38. The standard InChI is InChI=1S/C13H19NO2/c1-16-11-7-10(8-14-9-11)12-5-3-2-4-6-13(12)15/h7-9,12-13,15H,2-6H2,1H3. The van der Waals surface area contributed by atoms with Gasteiger partial charge in [0.2, 0.25) is 0 Å². The number of hydrogen-bond donors (Lipinski definition) is 1. The zero-order valence-corrected chi connectivity index (χ0v) is 9.72. The number of rotatable bonds is 2. The van der Waals surface area contributed by atoms with Crippen molar-refractivity contribution in [1.82, 2.24) is 4.98 Å². The summed E-state index contributed by atoms with van der Waals surface area (Å²) >= 11 is 0. The van der Waals surface area contributed by atoms with Crippen LogP contribution in [0.25, 0.3) is 0 Å². The number of methoxy groups -OCH3 is 1. The maximum absolute atomic E-state index is 10.1. The molecular weight excluding hydrogens is 202 g/mol. The average Bonchev–Trinajstić information content (AvgIpc) is 2.54. The Bertz CT molecular complexity index is 340. The van der Waals surface area contributed by atoms with E-state index in [9.17, 15) is 5.11 Å². The molecule has 3 heteroatoms. The lowest BCUT2D eigenvalue weighted by Crippen LogP contribution is -2.17. The quantitative estimate of drug-likeness (QED) is 0.780. The summed E-state index contributed by atoms with van der Waals surface area (Å²) in [5, 5.41) is 10.1. The number of hydrogen-bond acceptors (Lipinski definition) is 3.